The summed E-state index contributed by atoms with van der Waals surface area (Å²) < 4.78 is 16.2. The lowest BCUT2D eigenvalue weighted by atomic mass is 9.41. The number of ketones is 1. The van der Waals surface area contributed by atoms with Crippen molar-refractivity contribution in [3.8, 4) is 0 Å². The highest BCUT2D eigenvalue weighted by Gasteiger charge is 2.69. The summed E-state index contributed by atoms with van der Waals surface area (Å²) in [5, 5.41) is 14.4. The van der Waals surface area contributed by atoms with Gasteiger partial charge in [0, 0.05) is 30.0 Å². The number of aliphatic hydroxyl groups is 1. The lowest BCUT2D eigenvalue weighted by Gasteiger charge is -2.62. The van der Waals surface area contributed by atoms with Gasteiger partial charge in [0.25, 0.3) is 0 Å². The van der Waals surface area contributed by atoms with Crippen LogP contribution in [0.5, 0.6) is 0 Å². The van der Waals surface area contributed by atoms with Crippen LogP contribution in [0.15, 0.2) is 23.3 Å². The molecule has 3 aliphatic carbocycles. The van der Waals surface area contributed by atoms with Crippen LogP contribution in [0, 0.1) is 34.5 Å². The van der Waals surface area contributed by atoms with E-state index in [1.807, 2.05) is 13.8 Å². The number of carbonyl (C=O) groups excluding carboxylic acids is 4. The molecule has 9 heteroatoms. The van der Waals surface area contributed by atoms with Crippen LogP contribution in [0.25, 0.3) is 0 Å². The van der Waals surface area contributed by atoms with Crippen LogP contribution in [0.3, 0.4) is 0 Å². The average molecular weight is 534 g/mol. The number of aliphatic hydroxyl groups excluding tert-OH is 1. The molecule has 0 spiro atoms. The molecule has 0 unspecified atom stereocenters. The smallest absolute Gasteiger partial charge is 0.333 e. The first-order valence-corrected chi connectivity index (χ1v) is 13.5. The average Bonchev–Trinajstić information content (AvgIpc) is 2.89. The van der Waals surface area contributed by atoms with E-state index in [0.29, 0.717) is 37.8 Å². The van der Waals surface area contributed by atoms with E-state index in [2.05, 4.69) is 5.32 Å². The molecule has 3 saturated carbocycles. The zero-order valence-electron chi connectivity index (χ0n) is 23.7. The van der Waals surface area contributed by atoms with Crippen LogP contribution in [0.2, 0.25) is 0 Å². The fourth-order valence-corrected chi connectivity index (χ4v) is 7.38. The van der Waals surface area contributed by atoms with E-state index in [1.54, 1.807) is 33.9 Å². The number of fused-ring (bicyclic) bond motifs is 3. The molecule has 0 saturated heterocycles. The molecule has 212 valence electrons. The van der Waals surface area contributed by atoms with E-state index in [4.69, 9.17) is 14.2 Å². The number of Topliss-reactive ketones (excluding diaryl/α,β-unsaturated/α-hetero) is 1. The summed E-state index contributed by atoms with van der Waals surface area (Å²) in [6.45, 7) is 9.75. The second-order valence-electron chi connectivity index (χ2n) is 11.5. The minimum absolute atomic E-state index is 0.0782. The molecule has 38 heavy (non-hydrogen) atoms. The number of methoxy groups -OCH3 is 1. The largest absolute Gasteiger partial charge is 0.468 e. The van der Waals surface area contributed by atoms with Gasteiger partial charge in [-0.05, 0) is 70.8 Å². The molecular formula is C29H43NO8. The van der Waals surface area contributed by atoms with Crippen LogP contribution < -0.4 is 5.32 Å². The van der Waals surface area contributed by atoms with Crippen molar-refractivity contribution >= 4 is 23.7 Å². The minimum Gasteiger partial charge on any atom is -0.468 e. The Labute approximate surface area is 225 Å². The summed E-state index contributed by atoms with van der Waals surface area (Å²) in [6.07, 6.45) is 3.16. The second-order valence-corrected chi connectivity index (χ2v) is 11.5. The maximum absolute atomic E-state index is 14.0. The van der Waals surface area contributed by atoms with Crippen LogP contribution in [0.4, 0.5) is 0 Å². The molecule has 8 atom stereocenters. The second kappa shape index (κ2) is 11.7. The summed E-state index contributed by atoms with van der Waals surface area (Å²) in [7, 11) is 3.04. The number of carbonyl (C=O) groups is 4. The Morgan fingerprint density at radius 3 is 2.50 bits per heavy atom. The third kappa shape index (κ3) is 5.07. The number of esters is 3. The lowest BCUT2D eigenvalue weighted by Crippen LogP contribution is -2.68. The number of ether oxygens (including phenoxy) is 3. The molecule has 0 heterocycles. The van der Waals surface area contributed by atoms with Gasteiger partial charge in [0.15, 0.2) is 5.78 Å². The van der Waals surface area contributed by atoms with Crippen molar-refractivity contribution in [1.82, 2.24) is 5.32 Å². The summed E-state index contributed by atoms with van der Waals surface area (Å²) in [5.41, 5.74) is -0.819. The van der Waals surface area contributed by atoms with E-state index in [0.717, 1.165) is 5.57 Å². The van der Waals surface area contributed by atoms with E-state index in [-0.39, 0.29) is 18.4 Å². The third-order valence-electron chi connectivity index (χ3n) is 9.56. The van der Waals surface area contributed by atoms with Crippen molar-refractivity contribution in [3.63, 3.8) is 0 Å². The Morgan fingerprint density at radius 1 is 1.21 bits per heavy atom. The Hall–Kier alpha value is -2.52. The standard InChI is InChI=1S/C29H43NO8/c1-8-16(2)26(34)38-20-11-12-28(4)19-10-9-18(15-21(31)37-14-13-30-6)17(3)22(19)23(32)24(33)25(28)29(20,5)27(35)36-7/h8,15,17,19-20,22-23,25,30,32H,9-14H2,1-7H3/b16-8+,18-15+/t17-,19-,20-,22-,23+,25+,28+,29-/m0/s1. The molecule has 0 amide bonds. The van der Waals surface area contributed by atoms with Crippen LogP contribution in [-0.2, 0) is 33.4 Å². The number of hydrogen-bond donors (Lipinski definition) is 2. The quantitative estimate of drug-likeness (QED) is 0.220. The Kier molecular flexibility index (Phi) is 9.24. The van der Waals surface area contributed by atoms with Crippen molar-refractivity contribution in [3.05, 3.63) is 23.3 Å². The first-order chi connectivity index (χ1) is 17.9. The van der Waals surface area contributed by atoms with E-state index in [1.165, 1.54) is 13.2 Å². The van der Waals surface area contributed by atoms with Gasteiger partial charge in [-0.15, -0.1) is 0 Å². The number of nitrogens with one attached hydrogen (secondary N) is 1. The molecule has 3 fully saturated rings. The van der Waals surface area contributed by atoms with Crippen LogP contribution in [0.1, 0.15) is 60.3 Å². The van der Waals surface area contributed by atoms with Crippen molar-refractivity contribution < 1.29 is 38.5 Å². The van der Waals surface area contributed by atoms with Crippen molar-refractivity contribution in [2.24, 2.45) is 34.5 Å². The van der Waals surface area contributed by atoms with Gasteiger partial charge in [0.2, 0.25) is 0 Å². The molecule has 0 aromatic rings. The van der Waals surface area contributed by atoms with Gasteiger partial charge in [-0.1, -0.05) is 25.5 Å². The predicted octanol–water partition coefficient (Wildman–Crippen LogP) is 2.75. The molecule has 0 aliphatic heterocycles. The molecule has 3 rings (SSSR count). The molecular weight excluding hydrogens is 490 g/mol. The number of allylic oxidation sites excluding steroid dienone is 2. The zero-order valence-corrected chi connectivity index (χ0v) is 23.7. The van der Waals surface area contributed by atoms with Crippen molar-refractivity contribution in [2.75, 3.05) is 27.3 Å². The SMILES string of the molecule is C/C=C(\C)C(=O)O[C@H]1CC[C@@]2(C)[C@@H](C(=O)[C@H](O)[C@H]3[C@@H](C)/C(=C/C(=O)OCCNC)CC[C@@H]32)[C@@]1(C)C(=O)OC. The van der Waals surface area contributed by atoms with Gasteiger partial charge < -0.3 is 24.6 Å². The summed E-state index contributed by atoms with van der Waals surface area (Å²) in [6, 6.07) is 0. The Bertz CT molecular complexity index is 1020. The third-order valence-corrected chi connectivity index (χ3v) is 9.56. The first-order valence-electron chi connectivity index (χ1n) is 13.5. The summed E-state index contributed by atoms with van der Waals surface area (Å²) in [5.74, 6) is -3.63. The Morgan fingerprint density at radius 2 is 1.89 bits per heavy atom. The normalized spacial score (nSPS) is 38.2. The fraction of sp³-hybridized carbons (Fsp3) is 0.724. The van der Waals surface area contributed by atoms with Gasteiger partial charge in [-0.2, -0.15) is 0 Å². The number of hydrogen-bond acceptors (Lipinski definition) is 9. The maximum atomic E-state index is 14.0. The summed E-state index contributed by atoms with van der Waals surface area (Å²) in [4.78, 5) is 52.4. The van der Waals surface area contributed by atoms with Gasteiger partial charge in [-0.3, -0.25) is 9.59 Å². The first kappa shape index (κ1) is 30.0. The molecule has 0 aromatic heterocycles. The highest BCUT2D eigenvalue weighted by Crippen LogP contribution is 2.64. The molecule has 9 nitrogen and oxygen atoms in total. The highest BCUT2D eigenvalue weighted by molar-refractivity contribution is 5.95. The predicted molar refractivity (Wildman–Crippen MR) is 140 cm³/mol. The molecule has 2 N–H and O–H groups in total. The summed E-state index contributed by atoms with van der Waals surface area (Å²) >= 11 is 0. The van der Waals surface area contributed by atoms with Gasteiger partial charge >= 0.3 is 17.9 Å². The van der Waals surface area contributed by atoms with Crippen LogP contribution in [-0.4, -0.2) is 68.3 Å². The molecule has 0 radical (unpaired) electrons. The monoisotopic (exact) mass is 533 g/mol. The van der Waals surface area contributed by atoms with Gasteiger partial charge in [-0.25, -0.2) is 9.59 Å². The van der Waals surface area contributed by atoms with Crippen molar-refractivity contribution in [1.29, 1.82) is 0 Å². The number of likely N-dealkylation sites (N-methyl/N-ethyl adjacent to an activating group) is 1. The lowest BCUT2D eigenvalue weighted by molar-refractivity contribution is -0.214. The van der Waals surface area contributed by atoms with E-state index >= 15 is 0 Å². The molecule has 0 bridgehead atoms. The Balaban J connectivity index is 1.97. The minimum atomic E-state index is -1.45. The van der Waals surface area contributed by atoms with E-state index in [9.17, 15) is 24.3 Å². The highest BCUT2D eigenvalue weighted by atomic mass is 16.6. The zero-order chi connectivity index (χ0) is 28.4. The topological polar surface area (TPSA) is 128 Å². The van der Waals surface area contributed by atoms with Crippen LogP contribution >= 0.6 is 0 Å². The van der Waals surface area contributed by atoms with Gasteiger partial charge in [0.05, 0.1) is 7.11 Å². The fourth-order valence-electron chi connectivity index (χ4n) is 7.38. The van der Waals surface area contributed by atoms with Crippen molar-refractivity contribution in [2.45, 2.75) is 72.5 Å². The maximum Gasteiger partial charge on any atom is 0.333 e. The number of rotatable bonds is 7. The van der Waals surface area contributed by atoms with Gasteiger partial charge in [0.1, 0.15) is 24.2 Å². The van der Waals surface area contributed by atoms with E-state index < -0.39 is 58.6 Å². The molecule has 3 aliphatic rings. The molecule has 0 aromatic carbocycles.